The van der Waals surface area contributed by atoms with Crippen molar-refractivity contribution in [3.05, 3.63) is 48.0 Å². The number of nitrogens with one attached hydrogen (secondary N) is 1. The molecule has 17 heavy (non-hydrogen) atoms. The van der Waals surface area contributed by atoms with Crippen LogP contribution in [0.1, 0.15) is 15.9 Å². The van der Waals surface area contributed by atoms with Crippen molar-refractivity contribution in [2.45, 2.75) is 6.54 Å². The van der Waals surface area contributed by atoms with Crippen LogP contribution < -0.4 is 5.32 Å². The Kier molecular flexibility index (Phi) is 3.09. The summed E-state index contributed by atoms with van der Waals surface area (Å²) in [6.45, 7) is 0.454. The molecule has 0 aliphatic rings. The van der Waals surface area contributed by atoms with Crippen molar-refractivity contribution in [3.8, 4) is 5.75 Å². The van der Waals surface area contributed by atoms with E-state index in [0.29, 0.717) is 12.1 Å². The van der Waals surface area contributed by atoms with E-state index in [1.54, 1.807) is 0 Å². The molecule has 0 spiro atoms. The fraction of sp³-hybridized carbons (Fsp3) is 0.167. The molecule has 0 saturated carbocycles. The lowest BCUT2D eigenvalue weighted by Gasteiger charge is -2.03. The molecule has 2 rings (SSSR count). The normalized spacial score (nSPS) is 10.2. The fourth-order valence-corrected chi connectivity index (χ4v) is 1.50. The lowest BCUT2D eigenvalue weighted by atomic mass is 10.2. The van der Waals surface area contributed by atoms with E-state index in [1.165, 1.54) is 18.5 Å². The van der Waals surface area contributed by atoms with Crippen LogP contribution in [-0.4, -0.2) is 20.6 Å². The number of pyridine rings is 1. The van der Waals surface area contributed by atoms with Gasteiger partial charge in [-0.15, -0.1) is 0 Å². The Bertz CT molecular complexity index is 534. The molecule has 0 fully saturated rings. The molecular weight excluding hydrogens is 218 g/mol. The van der Waals surface area contributed by atoms with Gasteiger partial charge in [-0.05, 0) is 17.7 Å². The van der Waals surface area contributed by atoms with Crippen molar-refractivity contribution < 1.29 is 9.90 Å². The molecule has 2 N–H and O–H groups in total. The van der Waals surface area contributed by atoms with Crippen LogP contribution in [0.4, 0.5) is 0 Å². The predicted molar refractivity (Wildman–Crippen MR) is 62.5 cm³/mol. The topological polar surface area (TPSA) is 67.2 Å². The van der Waals surface area contributed by atoms with Gasteiger partial charge in [-0.1, -0.05) is 0 Å². The van der Waals surface area contributed by atoms with Crippen LogP contribution in [0.5, 0.6) is 5.75 Å². The second kappa shape index (κ2) is 4.69. The standard InChI is InChI=1S/C12H13N3O2/c1-15-3-2-9(8-15)5-14-12(17)10-4-11(16)7-13-6-10/h2-4,6-8,16H,5H2,1H3,(H,14,17). The van der Waals surface area contributed by atoms with Gasteiger partial charge < -0.3 is 15.0 Å². The zero-order valence-corrected chi connectivity index (χ0v) is 9.42. The maximum atomic E-state index is 11.7. The predicted octanol–water partition coefficient (Wildman–Crippen LogP) is 1.06. The maximum Gasteiger partial charge on any atom is 0.253 e. The zero-order valence-electron chi connectivity index (χ0n) is 9.42. The molecule has 2 aromatic heterocycles. The SMILES string of the molecule is Cn1ccc(CNC(=O)c2cncc(O)c2)c1. The minimum absolute atomic E-state index is 0.0163. The van der Waals surface area contributed by atoms with Crippen LogP contribution in [0.25, 0.3) is 0 Å². The highest BCUT2D eigenvalue weighted by molar-refractivity contribution is 5.94. The number of carbonyl (C=O) groups excluding carboxylic acids is 1. The number of aromatic nitrogens is 2. The van der Waals surface area contributed by atoms with Gasteiger partial charge in [0.15, 0.2) is 0 Å². The molecule has 2 heterocycles. The number of carbonyl (C=O) groups is 1. The maximum absolute atomic E-state index is 11.7. The number of rotatable bonds is 3. The largest absolute Gasteiger partial charge is 0.506 e. The van der Waals surface area contributed by atoms with E-state index < -0.39 is 0 Å². The molecule has 88 valence electrons. The minimum Gasteiger partial charge on any atom is -0.506 e. The van der Waals surface area contributed by atoms with E-state index >= 15 is 0 Å². The van der Waals surface area contributed by atoms with Crippen molar-refractivity contribution in [3.63, 3.8) is 0 Å². The molecule has 0 aliphatic heterocycles. The van der Waals surface area contributed by atoms with Gasteiger partial charge in [0.25, 0.3) is 5.91 Å². The molecule has 5 heteroatoms. The van der Waals surface area contributed by atoms with E-state index in [9.17, 15) is 9.90 Å². The van der Waals surface area contributed by atoms with Gasteiger partial charge >= 0.3 is 0 Å². The number of amides is 1. The minimum atomic E-state index is -0.253. The van der Waals surface area contributed by atoms with Crippen LogP contribution in [0, 0.1) is 0 Å². The molecular formula is C12H13N3O2. The third-order valence-corrected chi connectivity index (χ3v) is 2.33. The fourth-order valence-electron chi connectivity index (χ4n) is 1.50. The summed E-state index contributed by atoms with van der Waals surface area (Å²) in [4.78, 5) is 15.5. The summed E-state index contributed by atoms with van der Waals surface area (Å²) >= 11 is 0. The third-order valence-electron chi connectivity index (χ3n) is 2.33. The first-order valence-corrected chi connectivity index (χ1v) is 5.18. The average Bonchev–Trinajstić information content (AvgIpc) is 2.72. The average molecular weight is 231 g/mol. The van der Waals surface area contributed by atoms with Crippen LogP contribution >= 0.6 is 0 Å². The van der Waals surface area contributed by atoms with Crippen LogP contribution in [0.3, 0.4) is 0 Å². The Balaban J connectivity index is 1.98. The van der Waals surface area contributed by atoms with E-state index in [-0.39, 0.29) is 11.7 Å². The van der Waals surface area contributed by atoms with Crippen LogP contribution in [-0.2, 0) is 13.6 Å². The highest BCUT2D eigenvalue weighted by atomic mass is 16.3. The van der Waals surface area contributed by atoms with E-state index in [4.69, 9.17) is 0 Å². The number of aromatic hydroxyl groups is 1. The van der Waals surface area contributed by atoms with Gasteiger partial charge in [-0.25, -0.2) is 0 Å². The van der Waals surface area contributed by atoms with Gasteiger partial charge in [0.2, 0.25) is 0 Å². The molecule has 0 aliphatic carbocycles. The second-order valence-electron chi connectivity index (χ2n) is 3.80. The molecule has 1 amide bonds. The Hall–Kier alpha value is -2.30. The Morgan fingerprint density at radius 2 is 2.35 bits per heavy atom. The number of hydrogen-bond donors (Lipinski definition) is 2. The van der Waals surface area contributed by atoms with Gasteiger partial charge in [0.05, 0.1) is 11.8 Å². The first-order chi connectivity index (χ1) is 8.15. The van der Waals surface area contributed by atoms with Gasteiger partial charge in [0, 0.05) is 32.2 Å². The molecule has 0 aromatic carbocycles. The van der Waals surface area contributed by atoms with Crippen molar-refractivity contribution in [2.75, 3.05) is 0 Å². The number of hydrogen-bond acceptors (Lipinski definition) is 3. The number of aryl methyl sites for hydroxylation is 1. The van der Waals surface area contributed by atoms with Crippen molar-refractivity contribution in [2.24, 2.45) is 7.05 Å². The van der Waals surface area contributed by atoms with Crippen LogP contribution in [0.2, 0.25) is 0 Å². The smallest absolute Gasteiger partial charge is 0.253 e. The molecule has 0 atom stereocenters. The Labute approximate surface area is 98.7 Å². The monoisotopic (exact) mass is 231 g/mol. The molecule has 0 saturated heterocycles. The molecule has 2 aromatic rings. The Morgan fingerprint density at radius 1 is 1.53 bits per heavy atom. The van der Waals surface area contributed by atoms with Gasteiger partial charge in [-0.3, -0.25) is 9.78 Å². The zero-order chi connectivity index (χ0) is 12.3. The summed E-state index contributed by atoms with van der Waals surface area (Å²) < 4.78 is 1.91. The summed E-state index contributed by atoms with van der Waals surface area (Å²) in [7, 11) is 1.92. The summed E-state index contributed by atoms with van der Waals surface area (Å²) in [5, 5.41) is 12.0. The van der Waals surface area contributed by atoms with Crippen molar-refractivity contribution >= 4 is 5.91 Å². The molecule has 0 radical (unpaired) electrons. The number of nitrogens with zero attached hydrogens (tertiary/aromatic N) is 2. The molecule has 0 unspecified atom stereocenters. The lowest BCUT2D eigenvalue weighted by molar-refractivity contribution is 0.0950. The molecule has 5 nitrogen and oxygen atoms in total. The lowest BCUT2D eigenvalue weighted by Crippen LogP contribution is -2.22. The third kappa shape index (κ3) is 2.84. The van der Waals surface area contributed by atoms with E-state index in [2.05, 4.69) is 10.3 Å². The highest BCUT2D eigenvalue weighted by Gasteiger charge is 2.06. The Morgan fingerprint density at radius 3 is 3.00 bits per heavy atom. The summed E-state index contributed by atoms with van der Waals surface area (Å²) in [5.41, 5.74) is 1.37. The van der Waals surface area contributed by atoms with Gasteiger partial charge in [-0.2, -0.15) is 0 Å². The van der Waals surface area contributed by atoms with Crippen LogP contribution in [0.15, 0.2) is 36.9 Å². The first kappa shape index (κ1) is 11.2. The van der Waals surface area contributed by atoms with Crippen molar-refractivity contribution in [1.29, 1.82) is 0 Å². The molecule has 0 bridgehead atoms. The van der Waals surface area contributed by atoms with Gasteiger partial charge in [0.1, 0.15) is 5.75 Å². The van der Waals surface area contributed by atoms with E-state index in [0.717, 1.165) is 5.56 Å². The first-order valence-electron chi connectivity index (χ1n) is 5.18. The summed E-state index contributed by atoms with van der Waals surface area (Å²) in [6.07, 6.45) is 6.55. The second-order valence-corrected chi connectivity index (χ2v) is 3.80. The highest BCUT2D eigenvalue weighted by Crippen LogP contribution is 2.08. The summed E-state index contributed by atoms with van der Waals surface area (Å²) in [6, 6.07) is 3.31. The van der Waals surface area contributed by atoms with E-state index in [1.807, 2.05) is 30.1 Å². The van der Waals surface area contributed by atoms with Crippen molar-refractivity contribution in [1.82, 2.24) is 14.9 Å². The summed E-state index contributed by atoms with van der Waals surface area (Å²) in [5.74, 6) is -0.269. The quantitative estimate of drug-likeness (QED) is 0.829.